The summed E-state index contributed by atoms with van der Waals surface area (Å²) in [6.07, 6.45) is 0. The van der Waals surface area contributed by atoms with E-state index < -0.39 is 5.97 Å². The van der Waals surface area contributed by atoms with E-state index in [0.29, 0.717) is 33.1 Å². The molecular formula is C20H14O7. The Balaban J connectivity index is 2.12. The molecule has 27 heavy (non-hydrogen) atoms. The number of phenols is 3. The normalized spacial score (nSPS) is 11.1. The van der Waals surface area contributed by atoms with E-state index in [1.807, 2.05) is 0 Å². The minimum absolute atomic E-state index is 0.0276. The number of phenolic OH excluding ortho intramolecular Hbond substituents is 3. The Kier molecular flexibility index (Phi) is 3.59. The van der Waals surface area contributed by atoms with Gasteiger partial charge in [-0.3, -0.25) is 0 Å². The molecule has 0 radical (unpaired) electrons. The van der Waals surface area contributed by atoms with Crippen molar-refractivity contribution in [3.8, 4) is 34.1 Å². The Morgan fingerprint density at radius 1 is 0.926 bits per heavy atom. The molecular weight excluding hydrogens is 352 g/mol. The SMILES string of the molecule is COc1cc2c(cc1O)oc1c(-c3ccc(O)c(O)c3)cc(C(=O)O)cc12. The van der Waals surface area contributed by atoms with E-state index in [9.17, 15) is 25.2 Å². The molecule has 1 aromatic heterocycles. The van der Waals surface area contributed by atoms with E-state index in [1.165, 1.54) is 37.4 Å². The summed E-state index contributed by atoms with van der Waals surface area (Å²) in [5.41, 5.74) is 1.66. The third-order valence-electron chi connectivity index (χ3n) is 4.41. The van der Waals surface area contributed by atoms with Crippen molar-refractivity contribution in [2.75, 3.05) is 7.11 Å². The van der Waals surface area contributed by atoms with Crippen molar-refractivity contribution in [1.82, 2.24) is 0 Å². The smallest absolute Gasteiger partial charge is 0.335 e. The molecule has 136 valence electrons. The number of aromatic carboxylic acids is 1. The second-order valence-electron chi connectivity index (χ2n) is 6.03. The predicted molar refractivity (Wildman–Crippen MR) is 97.7 cm³/mol. The fourth-order valence-corrected chi connectivity index (χ4v) is 3.09. The molecule has 0 saturated carbocycles. The molecule has 4 rings (SSSR count). The Bertz CT molecular complexity index is 1220. The lowest BCUT2D eigenvalue weighted by Crippen LogP contribution is -1.96. The molecule has 7 heteroatoms. The Labute approximate surface area is 152 Å². The van der Waals surface area contributed by atoms with Crippen molar-refractivity contribution in [2.45, 2.75) is 0 Å². The molecule has 0 bridgehead atoms. The summed E-state index contributed by atoms with van der Waals surface area (Å²) in [6, 6.07) is 10.0. The first-order valence-electron chi connectivity index (χ1n) is 7.92. The van der Waals surface area contributed by atoms with Crippen molar-refractivity contribution >= 4 is 27.9 Å². The van der Waals surface area contributed by atoms with E-state index in [0.717, 1.165) is 0 Å². The van der Waals surface area contributed by atoms with Gasteiger partial charge in [0.15, 0.2) is 23.0 Å². The summed E-state index contributed by atoms with van der Waals surface area (Å²) in [5.74, 6) is -1.62. The summed E-state index contributed by atoms with van der Waals surface area (Å²) >= 11 is 0. The van der Waals surface area contributed by atoms with Gasteiger partial charge in [-0.2, -0.15) is 0 Å². The fourth-order valence-electron chi connectivity index (χ4n) is 3.09. The number of ether oxygens (including phenoxy) is 1. The maximum absolute atomic E-state index is 11.6. The van der Waals surface area contributed by atoms with Gasteiger partial charge in [0.25, 0.3) is 0 Å². The van der Waals surface area contributed by atoms with Crippen LogP contribution in [-0.4, -0.2) is 33.5 Å². The van der Waals surface area contributed by atoms with Crippen LogP contribution in [0.15, 0.2) is 46.9 Å². The van der Waals surface area contributed by atoms with Crippen LogP contribution in [0.2, 0.25) is 0 Å². The summed E-state index contributed by atoms with van der Waals surface area (Å²) in [5, 5.41) is 39.9. The zero-order valence-electron chi connectivity index (χ0n) is 14.1. The van der Waals surface area contributed by atoms with Gasteiger partial charge >= 0.3 is 5.97 Å². The molecule has 0 aliphatic rings. The minimum atomic E-state index is -1.12. The van der Waals surface area contributed by atoms with Crippen LogP contribution in [0.3, 0.4) is 0 Å². The third kappa shape index (κ3) is 2.56. The molecule has 0 unspecified atom stereocenters. The van der Waals surface area contributed by atoms with Crippen molar-refractivity contribution in [3.63, 3.8) is 0 Å². The van der Waals surface area contributed by atoms with Crippen molar-refractivity contribution in [2.24, 2.45) is 0 Å². The summed E-state index contributed by atoms with van der Waals surface area (Å²) in [4.78, 5) is 11.6. The zero-order chi connectivity index (χ0) is 19.3. The van der Waals surface area contributed by atoms with Gasteiger partial charge in [-0.05, 0) is 35.9 Å². The number of furan rings is 1. The Morgan fingerprint density at radius 2 is 1.70 bits per heavy atom. The van der Waals surface area contributed by atoms with Crippen LogP contribution in [0.1, 0.15) is 10.4 Å². The summed E-state index contributed by atoms with van der Waals surface area (Å²) in [6.45, 7) is 0. The number of rotatable bonds is 3. The molecule has 0 saturated heterocycles. The second kappa shape index (κ2) is 5.84. The third-order valence-corrected chi connectivity index (χ3v) is 4.41. The van der Waals surface area contributed by atoms with Crippen LogP contribution in [-0.2, 0) is 0 Å². The van der Waals surface area contributed by atoms with Gasteiger partial charge in [-0.25, -0.2) is 4.79 Å². The highest BCUT2D eigenvalue weighted by atomic mass is 16.5. The van der Waals surface area contributed by atoms with Crippen molar-refractivity contribution in [1.29, 1.82) is 0 Å². The van der Waals surface area contributed by atoms with Crippen LogP contribution in [0.4, 0.5) is 0 Å². The first-order chi connectivity index (χ1) is 12.9. The van der Waals surface area contributed by atoms with Crippen LogP contribution in [0.5, 0.6) is 23.0 Å². The Hall–Kier alpha value is -3.87. The maximum Gasteiger partial charge on any atom is 0.335 e. The van der Waals surface area contributed by atoms with Crippen LogP contribution >= 0.6 is 0 Å². The first kappa shape index (κ1) is 16.6. The number of fused-ring (bicyclic) bond motifs is 3. The zero-order valence-corrected chi connectivity index (χ0v) is 14.1. The standard InChI is InChI=1S/C20H14O7/c1-26-18-7-12-13-5-10(20(24)25)4-11(9-2-3-14(21)15(22)6-9)19(13)27-17(12)8-16(18)23/h2-8,21-23H,1H3,(H,24,25). The lowest BCUT2D eigenvalue weighted by Gasteiger charge is -2.06. The number of carboxylic acids is 1. The van der Waals surface area contributed by atoms with Gasteiger partial charge in [0.2, 0.25) is 0 Å². The van der Waals surface area contributed by atoms with Crippen LogP contribution < -0.4 is 4.74 Å². The average Bonchev–Trinajstić information content (AvgIpc) is 2.99. The molecule has 7 nitrogen and oxygen atoms in total. The highest BCUT2D eigenvalue weighted by Gasteiger charge is 2.19. The van der Waals surface area contributed by atoms with Gasteiger partial charge in [-0.1, -0.05) is 6.07 Å². The highest BCUT2D eigenvalue weighted by molar-refractivity contribution is 6.12. The quantitative estimate of drug-likeness (QED) is 0.403. The number of carboxylic acid groups (broad SMARTS) is 1. The lowest BCUT2D eigenvalue weighted by atomic mass is 9.98. The molecule has 0 aliphatic carbocycles. The highest BCUT2D eigenvalue weighted by Crippen LogP contribution is 2.42. The van der Waals surface area contributed by atoms with Crippen molar-refractivity contribution < 1.29 is 34.4 Å². The first-order valence-corrected chi connectivity index (χ1v) is 7.92. The number of aromatic hydroxyl groups is 3. The molecule has 1 heterocycles. The lowest BCUT2D eigenvalue weighted by molar-refractivity contribution is 0.0697. The predicted octanol–water partition coefficient (Wildman–Crippen LogP) is 4.08. The molecule has 0 atom stereocenters. The fraction of sp³-hybridized carbons (Fsp3) is 0.0500. The van der Waals surface area contributed by atoms with Gasteiger partial charge < -0.3 is 29.6 Å². The van der Waals surface area contributed by atoms with E-state index in [4.69, 9.17) is 9.15 Å². The van der Waals surface area contributed by atoms with E-state index >= 15 is 0 Å². The topological polar surface area (TPSA) is 120 Å². The molecule has 0 spiro atoms. The molecule has 4 N–H and O–H groups in total. The number of methoxy groups -OCH3 is 1. The van der Waals surface area contributed by atoms with Crippen molar-refractivity contribution in [3.05, 3.63) is 48.0 Å². The van der Waals surface area contributed by atoms with E-state index in [-0.39, 0.29) is 28.6 Å². The van der Waals surface area contributed by atoms with Gasteiger partial charge in [0.1, 0.15) is 11.2 Å². The van der Waals surface area contributed by atoms with Crippen LogP contribution in [0.25, 0.3) is 33.1 Å². The molecule has 0 aliphatic heterocycles. The van der Waals surface area contributed by atoms with E-state index in [2.05, 4.69) is 0 Å². The monoisotopic (exact) mass is 366 g/mol. The van der Waals surface area contributed by atoms with Crippen LogP contribution in [0, 0.1) is 0 Å². The van der Waals surface area contributed by atoms with Gasteiger partial charge in [0, 0.05) is 22.4 Å². The Morgan fingerprint density at radius 3 is 2.37 bits per heavy atom. The number of benzene rings is 3. The largest absolute Gasteiger partial charge is 0.504 e. The minimum Gasteiger partial charge on any atom is -0.504 e. The summed E-state index contributed by atoms with van der Waals surface area (Å²) in [7, 11) is 1.41. The summed E-state index contributed by atoms with van der Waals surface area (Å²) < 4.78 is 11.0. The second-order valence-corrected chi connectivity index (χ2v) is 6.03. The van der Waals surface area contributed by atoms with Gasteiger partial charge in [-0.15, -0.1) is 0 Å². The number of hydrogen-bond donors (Lipinski definition) is 4. The average molecular weight is 366 g/mol. The molecule has 0 fully saturated rings. The molecule has 4 aromatic rings. The molecule has 0 amide bonds. The maximum atomic E-state index is 11.6. The molecule has 3 aromatic carbocycles. The van der Waals surface area contributed by atoms with E-state index in [1.54, 1.807) is 12.1 Å². The van der Waals surface area contributed by atoms with Gasteiger partial charge in [0.05, 0.1) is 12.7 Å². The number of carbonyl (C=O) groups is 1. The number of hydrogen-bond acceptors (Lipinski definition) is 6.